The van der Waals surface area contributed by atoms with Gasteiger partial charge < -0.3 is 4.57 Å². The first-order valence-electron chi connectivity index (χ1n) is 5.65. The Hall–Kier alpha value is -1.09. The Balaban J connectivity index is 2.35. The molecule has 2 nitrogen and oxygen atoms in total. The number of halogens is 1. The molecule has 1 heterocycles. The molecule has 0 unspecified atom stereocenters. The predicted molar refractivity (Wildman–Crippen MR) is 74.1 cm³/mol. The Morgan fingerprint density at radius 3 is 2.65 bits per heavy atom. The van der Waals surface area contributed by atoms with Crippen molar-refractivity contribution in [1.29, 1.82) is 0 Å². The Labute approximate surface area is 110 Å². The molecule has 2 rings (SSSR count). The number of rotatable bonds is 2. The minimum absolute atomic E-state index is 0.248. The standard InChI is InChI=1S/C14H16BrNO/c1-14(2,3)13(17)9-16-7-6-10-8-11(15)4-5-12(10)16/h4-8H,9H2,1-3H3. The Kier molecular flexibility index (Phi) is 3.13. The number of benzene rings is 1. The van der Waals surface area contributed by atoms with E-state index >= 15 is 0 Å². The van der Waals surface area contributed by atoms with Gasteiger partial charge in [-0.1, -0.05) is 36.7 Å². The van der Waals surface area contributed by atoms with E-state index < -0.39 is 0 Å². The summed E-state index contributed by atoms with van der Waals surface area (Å²) in [5.41, 5.74) is 0.817. The van der Waals surface area contributed by atoms with Crippen molar-refractivity contribution >= 4 is 32.6 Å². The Morgan fingerprint density at radius 2 is 2.00 bits per heavy atom. The van der Waals surface area contributed by atoms with Crippen LogP contribution in [0.5, 0.6) is 0 Å². The maximum atomic E-state index is 12.0. The second-order valence-electron chi connectivity index (χ2n) is 5.32. The number of ketones is 1. The first-order valence-corrected chi connectivity index (χ1v) is 6.45. The Morgan fingerprint density at radius 1 is 1.29 bits per heavy atom. The molecule has 3 heteroatoms. The first-order chi connectivity index (χ1) is 7.88. The molecule has 0 fully saturated rings. The molecule has 0 aliphatic heterocycles. The topological polar surface area (TPSA) is 22.0 Å². The van der Waals surface area contributed by atoms with Crippen LogP contribution in [0.1, 0.15) is 20.8 Å². The zero-order valence-corrected chi connectivity index (χ0v) is 11.9. The molecular formula is C14H16BrNO. The number of hydrogen-bond acceptors (Lipinski definition) is 1. The van der Waals surface area contributed by atoms with Crippen LogP contribution in [0.4, 0.5) is 0 Å². The van der Waals surface area contributed by atoms with Gasteiger partial charge in [-0.3, -0.25) is 4.79 Å². The summed E-state index contributed by atoms with van der Waals surface area (Å²) in [5.74, 6) is 0.248. The van der Waals surface area contributed by atoms with Crippen LogP contribution in [0.3, 0.4) is 0 Å². The largest absolute Gasteiger partial charge is 0.340 e. The summed E-state index contributed by atoms with van der Waals surface area (Å²) in [5, 5.41) is 1.15. The van der Waals surface area contributed by atoms with Crippen LogP contribution in [0.15, 0.2) is 34.9 Å². The number of carbonyl (C=O) groups excluding carboxylic acids is 1. The summed E-state index contributed by atoms with van der Waals surface area (Å²) in [7, 11) is 0. The number of aromatic nitrogens is 1. The maximum Gasteiger partial charge on any atom is 0.157 e. The van der Waals surface area contributed by atoms with Crippen LogP contribution in [0.2, 0.25) is 0 Å². The summed E-state index contributed by atoms with van der Waals surface area (Å²) >= 11 is 3.45. The summed E-state index contributed by atoms with van der Waals surface area (Å²) in [6.07, 6.45) is 1.97. The van der Waals surface area contributed by atoms with E-state index in [0.717, 1.165) is 15.4 Å². The average molecular weight is 294 g/mol. The van der Waals surface area contributed by atoms with E-state index in [1.54, 1.807) is 0 Å². The van der Waals surface area contributed by atoms with Gasteiger partial charge in [0, 0.05) is 27.0 Å². The van der Waals surface area contributed by atoms with Crippen molar-refractivity contribution in [3.8, 4) is 0 Å². The van der Waals surface area contributed by atoms with E-state index in [0.29, 0.717) is 6.54 Å². The molecule has 0 aliphatic rings. The van der Waals surface area contributed by atoms with Gasteiger partial charge in [-0.05, 0) is 24.3 Å². The quantitative estimate of drug-likeness (QED) is 0.820. The molecule has 17 heavy (non-hydrogen) atoms. The average Bonchev–Trinajstić information content (AvgIpc) is 2.59. The third kappa shape index (κ3) is 2.60. The normalized spacial score (nSPS) is 12.0. The first kappa shape index (κ1) is 12.4. The number of carbonyl (C=O) groups is 1. The van der Waals surface area contributed by atoms with Crippen LogP contribution in [0.25, 0.3) is 10.9 Å². The van der Waals surface area contributed by atoms with Gasteiger partial charge in [-0.15, -0.1) is 0 Å². The van der Waals surface area contributed by atoms with Crippen molar-refractivity contribution in [3.05, 3.63) is 34.9 Å². The molecule has 90 valence electrons. The van der Waals surface area contributed by atoms with Crippen molar-refractivity contribution in [2.75, 3.05) is 0 Å². The molecule has 0 saturated heterocycles. The maximum absolute atomic E-state index is 12.0. The monoisotopic (exact) mass is 293 g/mol. The summed E-state index contributed by atoms with van der Waals surface area (Å²) in [6.45, 7) is 6.31. The molecule has 2 aromatic rings. The lowest BCUT2D eigenvalue weighted by Gasteiger charge is -2.17. The van der Waals surface area contributed by atoms with Crippen molar-refractivity contribution in [1.82, 2.24) is 4.57 Å². The highest BCUT2D eigenvalue weighted by Gasteiger charge is 2.21. The minimum Gasteiger partial charge on any atom is -0.340 e. The van der Waals surface area contributed by atoms with Gasteiger partial charge in [-0.25, -0.2) is 0 Å². The van der Waals surface area contributed by atoms with E-state index in [4.69, 9.17) is 0 Å². The fraction of sp³-hybridized carbons (Fsp3) is 0.357. The van der Waals surface area contributed by atoms with Crippen LogP contribution < -0.4 is 0 Å². The van der Waals surface area contributed by atoms with Crippen LogP contribution in [0, 0.1) is 5.41 Å². The zero-order chi connectivity index (χ0) is 12.6. The number of Topliss-reactive ketones (excluding diaryl/α,β-unsaturated/α-hetero) is 1. The summed E-state index contributed by atoms with van der Waals surface area (Å²) in [6, 6.07) is 8.14. The number of nitrogens with zero attached hydrogens (tertiary/aromatic N) is 1. The summed E-state index contributed by atoms with van der Waals surface area (Å²) < 4.78 is 3.07. The smallest absolute Gasteiger partial charge is 0.157 e. The van der Waals surface area contributed by atoms with Crippen molar-refractivity contribution in [2.45, 2.75) is 27.3 Å². The third-order valence-corrected chi connectivity index (χ3v) is 3.38. The highest BCUT2D eigenvalue weighted by atomic mass is 79.9. The molecule has 0 aliphatic carbocycles. The van der Waals surface area contributed by atoms with E-state index in [9.17, 15) is 4.79 Å². The lowest BCUT2D eigenvalue weighted by molar-refractivity contribution is -0.126. The van der Waals surface area contributed by atoms with E-state index in [-0.39, 0.29) is 11.2 Å². The van der Waals surface area contributed by atoms with Gasteiger partial charge in [0.2, 0.25) is 0 Å². The second kappa shape index (κ2) is 4.30. The predicted octanol–water partition coefficient (Wildman–Crippen LogP) is 4.02. The fourth-order valence-corrected chi connectivity index (χ4v) is 2.08. The molecular weight excluding hydrogens is 278 g/mol. The Bertz CT molecular complexity index is 563. The molecule has 1 aromatic heterocycles. The van der Waals surface area contributed by atoms with Crippen molar-refractivity contribution in [3.63, 3.8) is 0 Å². The van der Waals surface area contributed by atoms with E-state index in [1.165, 1.54) is 0 Å². The molecule has 0 spiro atoms. The summed E-state index contributed by atoms with van der Waals surface area (Å²) in [4.78, 5) is 12.0. The number of fused-ring (bicyclic) bond motifs is 1. The lowest BCUT2D eigenvalue weighted by Crippen LogP contribution is -2.24. The zero-order valence-electron chi connectivity index (χ0n) is 10.3. The molecule has 0 amide bonds. The fourth-order valence-electron chi connectivity index (χ4n) is 1.70. The van der Waals surface area contributed by atoms with Crippen LogP contribution >= 0.6 is 15.9 Å². The van der Waals surface area contributed by atoms with E-state index in [2.05, 4.69) is 22.0 Å². The second-order valence-corrected chi connectivity index (χ2v) is 6.24. The molecule has 0 bridgehead atoms. The SMILES string of the molecule is CC(C)(C)C(=O)Cn1ccc2cc(Br)ccc21. The highest BCUT2D eigenvalue weighted by Crippen LogP contribution is 2.22. The molecule has 0 radical (unpaired) electrons. The van der Waals surface area contributed by atoms with Crippen LogP contribution in [-0.2, 0) is 11.3 Å². The minimum atomic E-state index is -0.286. The number of hydrogen-bond donors (Lipinski definition) is 0. The van der Waals surface area contributed by atoms with E-state index in [1.807, 2.05) is 49.7 Å². The van der Waals surface area contributed by atoms with Gasteiger partial charge in [0.05, 0.1) is 6.54 Å². The van der Waals surface area contributed by atoms with Crippen molar-refractivity contribution < 1.29 is 4.79 Å². The van der Waals surface area contributed by atoms with Crippen LogP contribution in [-0.4, -0.2) is 10.4 Å². The molecule has 0 N–H and O–H groups in total. The lowest BCUT2D eigenvalue weighted by atomic mass is 9.91. The van der Waals surface area contributed by atoms with Gasteiger partial charge >= 0.3 is 0 Å². The molecule has 1 aromatic carbocycles. The molecule has 0 atom stereocenters. The van der Waals surface area contributed by atoms with Gasteiger partial charge in [-0.2, -0.15) is 0 Å². The van der Waals surface area contributed by atoms with Gasteiger partial charge in [0.15, 0.2) is 5.78 Å². The van der Waals surface area contributed by atoms with Crippen molar-refractivity contribution in [2.24, 2.45) is 5.41 Å². The molecule has 0 saturated carbocycles. The van der Waals surface area contributed by atoms with Gasteiger partial charge in [0.1, 0.15) is 0 Å². The highest BCUT2D eigenvalue weighted by molar-refractivity contribution is 9.10. The third-order valence-electron chi connectivity index (χ3n) is 2.88. The van der Waals surface area contributed by atoms with Gasteiger partial charge in [0.25, 0.3) is 0 Å².